The molecule has 3 heteroatoms. The number of nitrogens with zero attached hydrogens (tertiary/aromatic N) is 1. The first-order valence-electron chi connectivity index (χ1n) is 2.70. The Morgan fingerprint density at radius 3 is 2.56 bits per heavy atom. The molecule has 0 fully saturated rings. The Morgan fingerprint density at radius 1 is 1.67 bits per heavy atom. The number of hydrogen-bond donors (Lipinski definition) is 0. The Labute approximate surface area is 72.8 Å². The molecule has 1 heterocycles. The topological polar surface area (TPSA) is 12.9 Å². The molecule has 0 aromatic carbocycles. The van der Waals surface area contributed by atoms with Gasteiger partial charge in [0.2, 0.25) is 0 Å². The first-order chi connectivity index (χ1) is 4.11. The zero-order valence-corrected chi connectivity index (χ0v) is 8.36. The largest absolute Gasteiger partial charge is 0.196 e. The summed E-state index contributed by atoms with van der Waals surface area (Å²) >= 11 is 3.89. The summed E-state index contributed by atoms with van der Waals surface area (Å²) in [5, 5.41) is 2.01. The van der Waals surface area contributed by atoms with E-state index in [2.05, 4.69) is 46.9 Å². The van der Waals surface area contributed by atoms with E-state index in [1.165, 1.54) is 17.2 Å². The Bertz CT molecular complexity index is 175. The molecule has 0 N–H and O–H groups in total. The SMILES string of the molecule is CC(C)(I)c1ccsn1. The van der Waals surface area contributed by atoms with E-state index in [0.717, 1.165) is 0 Å². The molecule has 0 amide bonds. The first-order valence-corrected chi connectivity index (χ1v) is 4.62. The Balaban J connectivity index is 2.90. The van der Waals surface area contributed by atoms with Crippen LogP contribution in [0.3, 0.4) is 0 Å². The van der Waals surface area contributed by atoms with E-state index in [-0.39, 0.29) is 3.42 Å². The van der Waals surface area contributed by atoms with E-state index in [4.69, 9.17) is 0 Å². The van der Waals surface area contributed by atoms with Gasteiger partial charge in [0.1, 0.15) is 0 Å². The molecule has 0 radical (unpaired) electrons. The van der Waals surface area contributed by atoms with Crippen molar-refractivity contribution in [1.82, 2.24) is 4.37 Å². The van der Waals surface area contributed by atoms with Crippen LogP contribution < -0.4 is 0 Å². The van der Waals surface area contributed by atoms with Crippen LogP contribution in [0, 0.1) is 0 Å². The number of alkyl halides is 1. The quantitative estimate of drug-likeness (QED) is 0.554. The molecule has 0 saturated heterocycles. The third-order valence-electron chi connectivity index (χ3n) is 1.05. The van der Waals surface area contributed by atoms with Gasteiger partial charge in [0, 0.05) is 5.38 Å². The van der Waals surface area contributed by atoms with Crippen LogP contribution in [0.4, 0.5) is 0 Å². The summed E-state index contributed by atoms with van der Waals surface area (Å²) in [6.07, 6.45) is 0. The molecule has 0 aliphatic carbocycles. The van der Waals surface area contributed by atoms with Gasteiger partial charge in [-0.05, 0) is 31.4 Å². The van der Waals surface area contributed by atoms with Gasteiger partial charge in [-0.25, -0.2) is 0 Å². The van der Waals surface area contributed by atoms with Gasteiger partial charge in [-0.15, -0.1) is 0 Å². The third kappa shape index (κ3) is 1.89. The van der Waals surface area contributed by atoms with E-state index in [1.54, 1.807) is 0 Å². The molecule has 0 aliphatic heterocycles. The van der Waals surface area contributed by atoms with Crippen molar-refractivity contribution in [1.29, 1.82) is 0 Å². The van der Waals surface area contributed by atoms with Gasteiger partial charge >= 0.3 is 0 Å². The summed E-state index contributed by atoms with van der Waals surface area (Å²) in [4.78, 5) is 0. The van der Waals surface area contributed by atoms with E-state index in [9.17, 15) is 0 Å². The standard InChI is InChI=1S/C6H8INS/c1-6(2,7)5-3-4-9-8-5/h3-4H,1-2H3. The molecule has 0 atom stereocenters. The normalized spacial score (nSPS) is 11.9. The van der Waals surface area contributed by atoms with E-state index >= 15 is 0 Å². The summed E-state index contributed by atoms with van der Waals surface area (Å²) in [6, 6.07) is 2.07. The maximum atomic E-state index is 4.22. The Kier molecular flexibility index (Phi) is 2.10. The second-order valence-corrected chi connectivity index (χ2v) is 5.72. The number of rotatable bonds is 1. The summed E-state index contributed by atoms with van der Waals surface area (Å²) < 4.78 is 4.41. The van der Waals surface area contributed by atoms with Crippen molar-refractivity contribution < 1.29 is 0 Å². The molecule has 0 aliphatic rings. The molecule has 0 spiro atoms. The van der Waals surface area contributed by atoms with Crippen LogP contribution in [-0.4, -0.2) is 4.37 Å². The summed E-state index contributed by atoms with van der Waals surface area (Å²) in [5.41, 5.74) is 1.17. The number of aromatic nitrogens is 1. The fraction of sp³-hybridized carbons (Fsp3) is 0.500. The average molecular weight is 253 g/mol. The van der Waals surface area contributed by atoms with Crippen molar-refractivity contribution >= 4 is 34.1 Å². The van der Waals surface area contributed by atoms with Crippen molar-refractivity contribution in [2.75, 3.05) is 0 Å². The lowest BCUT2D eigenvalue weighted by Crippen LogP contribution is -2.05. The van der Waals surface area contributed by atoms with Gasteiger partial charge in [0.25, 0.3) is 0 Å². The van der Waals surface area contributed by atoms with Crippen LogP contribution in [0.25, 0.3) is 0 Å². The fourth-order valence-electron chi connectivity index (χ4n) is 0.519. The zero-order valence-electron chi connectivity index (χ0n) is 5.39. The molecule has 1 aromatic heterocycles. The highest BCUT2D eigenvalue weighted by Gasteiger charge is 2.16. The van der Waals surface area contributed by atoms with Crippen LogP contribution in [0.15, 0.2) is 11.4 Å². The molecule has 50 valence electrons. The Morgan fingerprint density at radius 2 is 2.33 bits per heavy atom. The van der Waals surface area contributed by atoms with Crippen molar-refractivity contribution in [2.24, 2.45) is 0 Å². The molecule has 0 saturated carbocycles. The smallest absolute Gasteiger partial charge is 0.0695 e. The third-order valence-corrected chi connectivity index (χ3v) is 2.16. The van der Waals surface area contributed by atoms with E-state index < -0.39 is 0 Å². The maximum absolute atomic E-state index is 4.22. The highest BCUT2D eigenvalue weighted by atomic mass is 127. The summed E-state index contributed by atoms with van der Waals surface area (Å²) in [7, 11) is 0. The monoisotopic (exact) mass is 253 g/mol. The van der Waals surface area contributed by atoms with Crippen molar-refractivity contribution in [3.63, 3.8) is 0 Å². The predicted molar refractivity (Wildman–Crippen MR) is 49.2 cm³/mol. The van der Waals surface area contributed by atoms with E-state index in [0.29, 0.717) is 0 Å². The lowest BCUT2D eigenvalue weighted by Gasteiger charge is -2.11. The fourth-order valence-corrected chi connectivity index (χ4v) is 1.64. The molecular formula is C6H8INS. The van der Waals surface area contributed by atoms with Crippen molar-refractivity contribution in [3.05, 3.63) is 17.1 Å². The van der Waals surface area contributed by atoms with Gasteiger partial charge in [0.05, 0.1) is 9.12 Å². The zero-order chi connectivity index (χ0) is 6.91. The van der Waals surface area contributed by atoms with Gasteiger partial charge < -0.3 is 0 Å². The molecule has 9 heavy (non-hydrogen) atoms. The first kappa shape index (κ1) is 7.47. The summed E-state index contributed by atoms with van der Waals surface area (Å²) in [6.45, 7) is 4.31. The average Bonchev–Trinajstić information content (AvgIpc) is 2.08. The van der Waals surface area contributed by atoms with Crippen LogP contribution in [0.2, 0.25) is 0 Å². The maximum Gasteiger partial charge on any atom is 0.0695 e. The molecule has 1 aromatic rings. The molecule has 1 nitrogen and oxygen atoms in total. The van der Waals surface area contributed by atoms with Gasteiger partial charge in [-0.3, -0.25) is 0 Å². The van der Waals surface area contributed by atoms with Crippen LogP contribution in [0.5, 0.6) is 0 Å². The van der Waals surface area contributed by atoms with Gasteiger partial charge in [-0.2, -0.15) is 4.37 Å². The van der Waals surface area contributed by atoms with Crippen molar-refractivity contribution in [2.45, 2.75) is 17.3 Å². The summed E-state index contributed by atoms with van der Waals surface area (Å²) in [5.74, 6) is 0. The molecule has 0 bridgehead atoms. The highest BCUT2D eigenvalue weighted by molar-refractivity contribution is 14.1. The van der Waals surface area contributed by atoms with Gasteiger partial charge in [-0.1, -0.05) is 22.6 Å². The predicted octanol–water partition coefficient (Wildman–Crippen LogP) is 2.81. The second-order valence-electron chi connectivity index (χ2n) is 2.36. The van der Waals surface area contributed by atoms with Crippen LogP contribution >= 0.6 is 34.1 Å². The second kappa shape index (κ2) is 2.54. The molecule has 0 unspecified atom stereocenters. The van der Waals surface area contributed by atoms with Crippen LogP contribution in [-0.2, 0) is 3.42 Å². The minimum atomic E-state index is 0.192. The highest BCUT2D eigenvalue weighted by Crippen LogP contribution is 2.29. The minimum Gasteiger partial charge on any atom is -0.196 e. The lowest BCUT2D eigenvalue weighted by molar-refractivity contribution is 0.803. The molecule has 1 rings (SSSR count). The Hall–Kier alpha value is 0.360. The van der Waals surface area contributed by atoms with Gasteiger partial charge in [0.15, 0.2) is 0 Å². The van der Waals surface area contributed by atoms with Crippen LogP contribution in [0.1, 0.15) is 19.5 Å². The van der Waals surface area contributed by atoms with E-state index in [1.807, 2.05) is 5.38 Å². The number of halogens is 1. The lowest BCUT2D eigenvalue weighted by atomic mass is 10.1. The molecular weight excluding hydrogens is 245 g/mol. The minimum absolute atomic E-state index is 0.192. The van der Waals surface area contributed by atoms with Crippen molar-refractivity contribution in [3.8, 4) is 0 Å². The number of hydrogen-bond acceptors (Lipinski definition) is 2.